The maximum absolute atomic E-state index is 13.1. The highest BCUT2D eigenvalue weighted by molar-refractivity contribution is 6.39. The van der Waals surface area contributed by atoms with Gasteiger partial charge in [0.05, 0.1) is 22.0 Å². The Bertz CT molecular complexity index is 1360. The molecule has 33 heavy (non-hydrogen) atoms. The number of barbiturate groups is 1. The van der Waals surface area contributed by atoms with E-state index in [1.165, 1.54) is 53.2 Å². The summed E-state index contributed by atoms with van der Waals surface area (Å²) in [6, 6.07) is 11.1. The number of carbonyl (C=O) groups is 3. The summed E-state index contributed by atoms with van der Waals surface area (Å²) in [7, 11) is 0. The van der Waals surface area contributed by atoms with Gasteiger partial charge in [0.15, 0.2) is 0 Å². The number of carbonyl (C=O) groups excluding carboxylic acids is 3. The lowest BCUT2D eigenvalue weighted by Crippen LogP contribution is -2.54. The first-order valence-corrected chi connectivity index (χ1v) is 10.0. The third-order valence-electron chi connectivity index (χ3n) is 5.11. The highest BCUT2D eigenvalue weighted by atomic mass is 35.5. The van der Waals surface area contributed by atoms with Crippen LogP contribution in [-0.2, 0) is 9.59 Å². The minimum Gasteiger partial charge on any atom is -0.273 e. The van der Waals surface area contributed by atoms with E-state index in [1.807, 2.05) is 0 Å². The Labute approximate surface area is 192 Å². The second-order valence-electron chi connectivity index (χ2n) is 7.21. The number of imide groups is 2. The van der Waals surface area contributed by atoms with Crippen molar-refractivity contribution in [2.45, 2.75) is 13.8 Å². The van der Waals surface area contributed by atoms with Gasteiger partial charge in [-0.05, 0) is 50.3 Å². The van der Waals surface area contributed by atoms with E-state index in [0.717, 1.165) is 4.90 Å². The molecule has 3 aromatic rings. The zero-order valence-corrected chi connectivity index (χ0v) is 18.2. The van der Waals surface area contributed by atoms with Gasteiger partial charge in [0.2, 0.25) is 0 Å². The Balaban J connectivity index is 1.76. The van der Waals surface area contributed by atoms with Gasteiger partial charge in [0.1, 0.15) is 5.57 Å². The molecule has 0 unspecified atom stereocenters. The second kappa shape index (κ2) is 8.32. The van der Waals surface area contributed by atoms with Crippen LogP contribution in [0.1, 0.15) is 17.0 Å². The third-order valence-corrected chi connectivity index (χ3v) is 5.36. The monoisotopic (exact) mass is 465 g/mol. The van der Waals surface area contributed by atoms with Gasteiger partial charge in [-0.25, -0.2) is 14.4 Å². The highest BCUT2D eigenvalue weighted by Gasteiger charge is 2.37. The first kappa shape index (κ1) is 21.9. The average molecular weight is 466 g/mol. The molecule has 1 aromatic heterocycles. The Hall–Kier alpha value is -4.31. The van der Waals surface area contributed by atoms with Crippen molar-refractivity contribution < 1.29 is 19.3 Å². The summed E-state index contributed by atoms with van der Waals surface area (Å²) >= 11 is 5.88. The Morgan fingerprint density at radius 2 is 1.76 bits per heavy atom. The number of hydrogen-bond donors (Lipinski definition) is 1. The standard InChI is InChI=1S/C22H16ClN5O5/c1-12-18(13(2)27(25-12)16-4-3-5-17(10-16)28(32)33)11-19-20(29)24-22(31)26(21(19)30)15-8-6-14(23)7-9-15/h3-11H,1-2H3,(H,24,29,31)/b19-11-. The van der Waals surface area contributed by atoms with Gasteiger partial charge in [-0.3, -0.25) is 25.0 Å². The number of amides is 4. The molecule has 1 aliphatic heterocycles. The van der Waals surface area contributed by atoms with Gasteiger partial charge in [0.25, 0.3) is 17.5 Å². The number of nitrogens with zero attached hydrogens (tertiary/aromatic N) is 4. The van der Waals surface area contributed by atoms with Gasteiger partial charge in [-0.2, -0.15) is 5.10 Å². The fraction of sp³-hybridized carbons (Fsp3) is 0.0909. The van der Waals surface area contributed by atoms with E-state index in [9.17, 15) is 24.5 Å². The number of anilines is 1. The van der Waals surface area contributed by atoms with Crippen molar-refractivity contribution in [3.8, 4) is 5.69 Å². The van der Waals surface area contributed by atoms with E-state index in [2.05, 4.69) is 10.4 Å². The Kier molecular flexibility index (Phi) is 5.52. The normalized spacial score (nSPS) is 15.2. The number of aromatic nitrogens is 2. The largest absolute Gasteiger partial charge is 0.335 e. The van der Waals surface area contributed by atoms with Crippen LogP contribution in [-0.4, -0.2) is 32.5 Å². The molecule has 1 N–H and O–H groups in total. The van der Waals surface area contributed by atoms with Crippen molar-refractivity contribution in [1.82, 2.24) is 15.1 Å². The summed E-state index contributed by atoms with van der Waals surface area (Å²) in [6.45, 7) is 3.39. The first-order valence-electron chi connectivity index (χ1n) is 9.65. The Morgan fingerprint density at radius 3 is 2.42 bits per heavy atom. The van der Waals surface area contributed by atoms with Crippen molar-refractivity contribution in [3.63, 3.8) is 0 Å². The van der Waals surface area contributed by atoms with Gasteiger partial charge < -0.3 is 0 Å². The number of nitro groups is 1. The van der Waals surface area contributed by atoms with E-state index >= 15 is 0 Å². The number of benzene rings is 2. The van der Waals surface area contributed by atoms with Crippen molar-refractivity contribution >= 4 is 46.9 Å². The molecule has 0 atom stereocenters. The van der Waals surface area contributed by atoms with Crippen LogP contribution in [0.5, 0.6) is 0 Å². The molecule has 1 saturated heterocycles. The van der Waals surface area contributed by atoms with Crippen LogP contribution in [0.15, 0.2) is 54.1 Å². The summed E-state index contributed by atoms with van der Waals surface area (Å²) in [5.41, 5.74) is 1.87. The summed E-state index contributed by atoms with van der Waals surface area (Å²) in [5.74, 6) is -1.63. The maximum Gasteiger partial charge on any atom is 0.335 e. The van der Waals surface area contributed by atoms with E-state index in [1.54, 1.807) is 19.9 Å². The SMILES string of the molecule is Cc1nn(-c2cccc([N+](=O)[O-])c2)c(C)c1/C=C1/C(=O)NC(=O)N(c2ccc(Cl)cc2)C1=O. The van der Waals surface area contributed by atoms with Gasteiger partial charge >= 0.3 is 6.03 Å². The lowest BCUT2D eigenvalue weighted by atomic mass is 10.1. The van der Waals surface area contributed by atoms with Gasteiger partial charge in [-0.15, -0.1) is 0 Å². The van der Waals surface area contributed by atoms with Crippen LogP contribution in [0.4, 0.5) is 16.2 Å². The minimum absolute atomic E-state index is 0.0982. The second-order valence-corrected chi connectivity index (χ2v) is 7.64. The van der Waals surface area contributed by atoms with Crippen LogP contribution in [0.25, 0.3) is 11.8 Å². The lowest BCUT2D eigenvalue weighted by molar-refractivity contribution is -0.384. The number of hydrogen-bond acceptors (Lipinski definition) is 6. The number of nitro benzene ring substituents is 1. The molecule has 1 fully saturated rings. The van der Waals surface area contributed by atoms with E-state index in [4.69, 9.17) is 11.6 Å². The molecule has 0 spiro atoms. The number of non-ortho nitro benzene ring substituents is 1. The molecule has 4 rings (SSSR count). The van der Waals surface area contributed by atoms with E-state index in [0.29, 0.717) is 27.7 Å². The number of rotatable bonds is 4. The number of aryl methyl sites for hydroxylation is 1. The summed E-state index contributed by atoms with van der Waals surface area (Å²) in [4.78, 5) is 49.4. The zero-order chi connectivity index (χ0) is 23.9. The smallest absolute Gasteiger partial charge is 0.273 e. The topological polar surface area (TPSA) is 127 Å². The van der Waals surface area contributed by atoms with E-state index in [-0.39, 0.29) is 16.9 Å². The third kappa shape index (κ3) is 3.99. The minimum atomic E-state index is -0.870. The quantitative estimate of drug-likeness (QED) is 0.271. The predicted molar refractivity (Wildman–Crippen MR) is 120 cm³/mol. The summed E-state index contributed by atoms with van der Waals surface area (Å²) in [6.07, 6.45) is 1.36. The Morgan fingerprint density at radius 1 is 1.06 bits per heavy atom. The van der Waals surface area contributed by atoms with Crippen molar-refractivity contribution in [1.29, 1.82) is 0 Å². The number of urea groups is 1. The van der Waals surface area contributed by atoms with Crippen molar-refractivity contribution in [3.05, 3.63) is 86.2 Å². The van der Waals surface area contributed by atoms with Crippen molar-refractivity contribution in [2.75, 3.05) is 4.90 Å². The highest BCUT2D eigenvalue weighted by Crippen LogP contribution is 2.26. The molecule has 1 aliphatic rings. The fourth-order valence-corrected chi connectivity index (χ4v) is 3.61. The van der Waals surface area contributed by atoms with Crippen LogP contribution in [0, 0.1) is 24.0 Å². The molecule has 0 bridgehead atoms. The van der Waals surface area contributed by atoms with Crippen LogP contribution < -0.4 is 10.2 Å². The summed E-state index contributed by atoms with van der Waals surface area (Å²) in [5, 5.41) is 18.1. The molecule has 0 aliphatic carbocycles. The number of halogens is 1. The predicted octanol–water partition coefficient (Wildman–Crippen LogP) is 3.72. The molecular formula is C22H16ClN5O5. The zero-order valence-electron chi connectivity index (χ0n) is 17.4. The molecule has 0 radical (unpaired) electrons. The average Bonchev–Trinajstić information content (AvgIpc) is 3.05. The lowest BCUT2D eigenvalue weighted by Gasteiger charge is -2.26. The van der Waals surface area contributed by atoms with Crippen molar-refractivity contribution in [2.24, 2.45) is 0 Å². The molecule has 2 heterocycles. The fourth-order valence-electron chi connectivity index (χ4n) is 3.48. The number of nitrogens with one attached hydrogen (secondary N) is 1. The first-order chi connectivity index (χ1) is 15.7. The molecule has 10 nitrogen and oxygen atoms in total. The van der Waals surface area contributed by atoms with E-state index < -0.39 is 22.8 Å². The molecule has 11 heteroatoms. The molecule has 166 valence electrons. The van der Waals surface area contributed by atoms with Crippen LogP contribution >= 0.6 is 11.6 Å². The summed E-state index contributed by atoms with van der Waals surface area (Å²) < 4.78 is 1.49. The maximum atomic E-state index is 13.1. The van der Waals surface area contributed by atoms with Crippen LogP contribution in [0.3, 0.4) is 0 Å². The van der Waals surface area contributed by atoms with Gasteiger partial charge in [-0.1, -0.05) is 17.7 Å². The van der Waals surface area contributed by atoms with Crippen LogP contribution in [0.2, 0.25) is 5.02 Å². The molecule has 0 saturated carbocycles. The molecular weight excluding hydrogens is 450 g/mol. The molecule has 2 aromatic carbocycles. The van der Waals surface area contributed by atoms with Gasteiger partial charge in [0, 0.05) is 28.4 Å². The molecule has 4 amide bonds.